The molecule has 11 aliphatic carbocycles. The maximum atomic E-state index is 14.0. The minimum Gasteiger partial charge on any atom is -0.390 e. The highest BCUT2D eigenvalue weighted by Gasteiger charge is 2.56. The molecule has 702 valence electrons. The highest BCUT2D eigenvalue weighted by molar-refractivity contribution is 7.78. The summed E-state index contributed by atoms with van der Waals surface area (Å²) in [7, 11) is -2.64. The van der Waals surface area contributed by atoms with Crippen molar-refractivity contribution in [2.45, 2.75) is 420 Å². The van der Waals surface area contributed by atoms with Gasteiger partial charge in [-0.25, -0.2) is 0 Å². The lowest BCUT2D eigenvalue weighted by Gasteiger charge is -2.44. The predicted molar refractivity (Wildman–Crippen MR) is 535 cm³/mol. The molecule has 0 aliphatic heterocycles. The summed E-state index contributed by atoms with van der Waals surface area (Å²) in [6.07, 6.45) is 56.2. The van der Waals surface area contributed by atoms with Gasteiger partial charge in [0.1, 0.15) is 18.7 Å². The topological polar surface area (TPSA) is 132 Å². The molecule has 22 atom stereocenters. The van der Waals surface area contributed by atoms with Crippen LogP contribution in [0, 0.1) is 127 Å². The first-order valence-corrected chi connectivity index (χ1v) is 53.5. The first kappa shape index (κ1) is 104. The van der Waals surface area contributed by atoms with Gasteiger partial charge in [-0.1, -0.05) is 326 Å². The minimum atomic E-state index is -2.64. The molecule has 11 fully saturated rings. The molecule has 8 heteroatoms. The molecule has 13 rings (SSSR count). The molecule has 7 nitrogen and oxygen atoms in total. The van der Waals surface area contributed by atoms with E-state index in [1.54, 1.807) is 16.7 Å². The second-order valence-electron chi connectivity index (χ2n) is 48.7. The standard InChI is InChI=1S/C30H50.C27H44O3.C23H27OP.C19H34O.C18H32O2/c1-21(11-9-17-29(5,6)7)27-15-16-28-26(12-10-18-30(27,28)8)14-13-25-19-22(2)24(4)23(3)20-25;1-18(8-6-14-26(3,4)30)22-12-13-23-21(9-7-15-27(22,23)5)11-10-20-16-24(28)19(2)25(29)17-20;1-18-16-21(17-19(2)20(18)3)14-15-25(24,22-10-6-4-7-11-22)23-12-8-5-9-13-23;1-14(8-6-12-18(2,3)4)15-10-11-16-17(20)9-7-13-19(15,16)5;1-13(7-5-11-17(2,3)20)14-9-10-15-16(19)8-6-12-18(14,15)4/h13-14,21-23,27-28H,4,9-12,15-20H2,1-3,5-8H3;10-11,18,22-25,28-30H,2,6-9,12-17H2,1,3-5H3;4-14,18-19H,3,15-17H2,1-2H3;14-16H,6-13H2,1-5H3;13-15,20H,5-12H2,1-4H3/b26-14+;21-11+;;;/t21-,22+,23+,27?,28?,30+;18-,22?,23?,24+,25+,27+;18-,19-;14-,15?,16-,19+;13-,14?,15-,18+/m00100/s1. The van der Waals surface area contributed by atoms with Crippen molar-refractivity contribution < 1.29 is 34.6 Å². The zero-order valence-corrected chi connectivity index (χ0v) is 85.1. The van der Waals surface area contributed by atoms with Crippen LogP contribution in [0.3, 0.4) is 0 Å². The van der Waals surface area contributed by atoms with Crippen molar-refractivity contribution in [3.05, 3.63) is 155 Å². The number of ketones is 2. The van der Waals surface area contributed by atoms with Crippen LogP contribution in [0.1, 0.15) is 396 Å². The Labute approximate surface area is 767 Å². The number of hydrogen-bond acceptors (Lipinski definition) is 7. The van der Waals surface area contributed by atoms with Crippen LogP contribution in [0.2, 0.25) is 0 Å². The van der Waals surface area contributed by atoms with Crippen molar-refractivity contribution in [3.63, 3.8) is 0 Å². The molecule has 2 aromatic rings. The van der Waals surface area contributed by atoms with E-state index in [1.165, 1.54) is 177 Å². The first-order valence-electron chi connectivity index (χ1n) is 51.6. The van der Waals surface area contributed by atoms with Gasteiger partial charge in [0.15, 0.2) is 0 Å². The third kappa shape index (κ3) is 28.0. The summed E-state index contributed by atoms with van der Waals surface area (Å²) in [5, 5.41) is 42.0. The fraction of sp³-hybridized carbons (Fsp3) is 0.744. The molecular weight excluding hydrogens is 1550 g/mol. The molecule has 125 heavy (non-hydrogen) atoms. The van der Waals surface area contributed by atoms with Gasteiger partial charge < -0.3 is 25.0 Å². The van der Waals surface area contributed by atoms with Crippen LogP contribution < -0.4 is 10.6 Å². The number of fused-ring (bicyclic) bond motifs is 4. The maximum absolute atomic E-state index is 14.0. The number of aliphatic hydroxyl groups is 4. The van der Waals surface area contributed by atoms with Gasteiger partial charge in [0.2, 0.25) is 0 Å². The van der Waals surface area contributed by atoms with Crippen molar-refractivity contribution in [2.24, 2.45) is 127 Å². The number of allylic oxidation sites excluding steroid dienone is 11. The quantitative estimate of drug-likeness (QED) is 0.0608. The lowest BCUT2D eigenvalue weighted by molar-refractivity contribution is -0.130. The third-order valence-electron chi connectivity index (χ3n) is 35.4. The summed E-state index contributed by atoms with van der Waals surface area (Å²) in [6, 6.07) is 19.9. The lowest BCUT2D eigenvalue weighted by atomic mass is 9.60. The average Bonchev–Trinajstić information content (AvgIpc) is 1.61. The summed E-state index contributed by atoms with van der Waals surface area (Å²) in [5.74, 6) is 11.9. The largest absolute Gasteiger partial charge is 0.390 e. The molecule has 11 aliphatic rings. The van der Waals surface area contributed by atoms with E-state index in [4.69, 9.17) is 0 Å². The first-order chi connectivity index (χ1) is 58.5. The van der Waals surface area contributed by atoms with E-state index in [-0.39, 0.29) is 5.41 Å². The van der Waals surface area contributed by atoms with Crippen LogP contribution in [0.4, 0.5) is 0 Å². The Morgan fingerprint density at radius 3 is 1.01 bits per heavy atom. The summed E-state index contributed by atoms with van der Waals surface area (Å²) in [6.45, 7) is 63.2. The minimum absolute atomic E-state index is 0.267. The van der Waals surface area contributed by atoms with Crippen molar-refractivity contribution in [1.29, 1.82) is 0 Å². The van der Waals surface area contributed by atoms with Crippen molar-refractivity contribution in [2.75, 3.05) is 6.16 Å². The Balaban J connectivity index is 0.000000179. The van der Waals surface area contributed by atoms with Crippen molar-refractivity contribution in [1.82, 2.24) is 0 Å². The second kappa shape index (κ2) is 45.0. The lowest BCUT2D eigenvalue weighted by Crippen LogP contribution is -2.39. The summed E-state index contributed by atoms with van der Waals surface area (Å²) in [4.78, 5) is 24.4. The van der Waals surface area contributed by atoms with Crippen molar-refractivity contribution in [3.8, 4) is 0 Å². The third-order valence-corrected chi connectivity index (χ3v) is 38.3. The monoisotopic (exact) mass is 1740 g/mol. The van der Waals surface area contributed by atoms with Gasteiger partial charge in [-0.15, -0.1) is 0 Å². The normalized spacial score (nSPS) is 33.7. The van der Waals surface area contributed by atoms with Crippen molar-refractivity contribution >= 4 is 29.3 Å². The number of carbonyl (C=O) groups is 2. The molecule has 0 bridgehead atoms. The van der Waals surface area contributed by atoms with Crippen LogP contribution in [-0.2, 0) is 14.2 Å². The molecule has 0 heterocycles. The Morgan fingerprint density at radius 1 is 0.400 bits per heavy atom. The van der Waals surface area contributed by atoms with E-state index in [1.807, 2.05) is 88.4 Å². The number of Topliss-reactive ketones (excluding diaryl/α,β-unsaturated/α-hetero) is 2. The van der Waals surface area contributed by atoms with E-state index in [2.05, 4.69) is 175 Å². The van der Waals surface area contributed by atoms with Crippen LogP contribution in [-0.4, -0.2) is 61.6 Å². The predicted octanol–water partition coefficient (Wildman–Crippen LogP) is 30.8. The fourth-order valence-corrected chi connectivity index (χ4v) is 30.4. The van der Waals surface area contributed by atoms with Gasteiger partial charge in [-0.3, -0.25) is 9.59 Å². The zero-order valence-electron chi connectivity index (χ0n) is 84.2. The molecule has 0 spiro atoms. The molecule has 0 radical (unpaired) electrons. The van der Waals surface area contributed by atoms with Crippen LogP contribution in [0.15, 0.2) is 155 Å². The van der Waals surface area contributed by atoms with Crippen LogP contribution >= 0.6 is 7.14 Å². The molecule has 0 amide bonds. The Hall–Kier alpha value is -4.23. The van der Waals surface area contributed by atoms with Gasteiger partial charge in [-0.05, 0) is 328 Å². The van der Waals surface area contributed by atoms with Gasteiger partial charge >= 0.3 is 0 Å². The average molecular weight is 1740 g/mol. The summed E-state index contributed by atoms with van der Waals surface area (Å²) < 4.78 is 14.0. The Morgan fingerprint density at radius 2 is 0.688 bits per heavy atom. The highest BCUT2D eigenvalue weighted by Crippen LogP contribution is 2.63. The number of rotatable bonds is 24. The van der Waals surface area contributed by atoms with Crippen LogP contribution in [0.25, 0.3) is 0 Å². The smallest absolute Gasteiger partial charge is 0.146 e. The molecule has 4 N–H and O–H groups in total. The highest BCUT2D eigenvalue weighted by atomic mass is 31.2. The van der Waals surface area contributed by atoms with E-state index in [9.17, 15) is 34.6 Å². The van der Waals surface area contributed by atoms with Gasteiger partial charge in [0.25, 0.3) is 0 Å². The van der Waals surface area contributed by atoms with Gasteiger partial charge in [-0.2, -0.15) is 0 Å². The van der Waals surface area contributed by atoms with Crippen LogP contribution in [0.5, 0.6) is 0 Å². The fourth-order valence-electron chi connectivity index (χ4n) is 27.8. The zero-order chi connectivity index (χ0) is 92.0. The molecule has 11 saturated carbocycles. The SMILES string of the molecule is C=C1[C@H](C)CC(=C/C=C2\CCC[C@@]3(C)C2CCC3[C@@H](C)CCCC(C)(C)C)C[C@H]1C.C=C1[C@H](C)CC(=CCP(=O)(c2ccccc2)c2ccccc2)C[C@H]1C.C=C1[C@H](O)CC(=C/C=C2\CCC[C@@]3(C)C2CCC3[C@@H](C)CCCC(C)(C)O)C[C@H]1O.C[C@@H](CCCC(C)(C)C)C1CC[C@H]2C(=O)CCC[C@]12C.C[C@@H](CCCC(C)(C)O)C1CC[C@H]2C(=O)CCC[C@]12C. The van der Waals surface area contributed by atoms with E-state index in [0.717, 1.165) is 122 Å². The second-order valence-corrected chi connectivity index (χ2v) is 51.6. The Kier molecular flexibility index (Phi) is 37.6. The number of hydrogen-bond donors (Lipinski definition) is 4. The number of aliphatic hydroxyl groups excluding tert-OH is 2. The molecule has 0 aromatic heterocycles. The summed E-state index contributed by atoms with van der Waals surface area (Å²) >= 11 is 0. The molecule has 6 unspecified atom stereocenters. The van der Waals surface area contributed by atoms with E-state index < -0.39 is 30.6 Å². The Bertz CT molecular complexity index is 3760. The molecular formula is C117H187O7P. The summed E-state index contributed by atoms with van der Waals surface area (Å²) in [5.41, 5.74) is 12.3. The molecule has 0 saturated heterocycles. The van der Waals surface area contributed by atoms with E-state index in [0.29, 0.717) is 122 Å². The maximum Gasteiger partial charge on any atom is 0.146 e. The van der Waals surface area contributed by atoms with Gasteiger partial charge in [0.05, 0.1) is 23.4 Å². The number of benzene rings is 2. The van der Waals surface area contributed by atoms with Gasteiger partial charge in [0, 0.05) is 41.4 Å². The number of carbonyl (C=O) groups excluding carboxylic acids is 2. The molecule has 2 aromatic carbocycles. The van der Waals surface area contributed by atoms with E-state index >= 15 is 0 Å².